The summed E-state index contributed by atoms with van der Waals surface area (Å²) in [5.41, 5.74) is 0.990. The average Bonchev–Trinajstić information content (AvgIpc) is 2.70. The van der Waals surface area contributed by atoms with Crippen molar-refractivity contribution in [2.45, 2.75) is 60.8 Å². The first-order chi connectivity index (χ1) is 15.7. The molecule has 0 aliphatic heterocycles. The van der Waals surface area contributed by atoms with Gasteiger partial charge in [0.05, 0.1) is 11.4 Å². The number of carbonyl (C=O) groups excluding carboxylic acids is 2. The molecule has 3 rings (SSSR count). The highest BCUT2D eigenvalue weighted by Gasteiger charge is 2.28. The minimum Gasteiger partial charge on any atom is -0.357 e. The summed E-state index contributed by atoms with van der Waals surface area (Å²) in [6.07, 6.45) is 1.53. The zero-order valence-electron chi connectivity index (χ0n) is 20.2. The van der Waals surface area contributed by atoms with Crippen LogP contribution in [0.4, 0.5) is 11.8 Å². The van der Waals surface area contributed by atoms with E-state index in [9.17, 15) is 9.59 Å². The van der Waals surface area contributed by atoms with E-state index < -0.39 is 10.8 Å². The Balaban J connectivity index is 1.91. The number of nitrogens with one attached hydrogen (secondary N) is 2. The molecule has 1 aliphatic rings. The number of nitrogens with zero attached hydrogens (tertiary/aromatic N) is 3. The predicted molar refractivity (Wildman–Crippen MR) is 135 cm³/mol. The maximum atomic E-state index is 12.7. The lowest BCUT2D eigenvalue weighted by Crippen LogP contribution is -2.32. The van der Waals surface area contributed by atoms with Gasteiger partial charge in [0.25, 0.3) is 0 Å². The fourth-order valence-corrected chi connectivity index (χ4v) is 3.50. The van der Waals surface area contributed by atoms with Gasteiger partial charge < -0.3 is 10.2 Å². The Labute approximate surface area is 209 Å². The zero-order chi connectivity index (χ0) is 25.3. The number of fused-ring (bicyclic) bond motifs is 1. The summed E-state index contributed by atoms with van der Waals surface area (Å²) in [4.78, 5) is 39.8. The van der Waals surface area contributed by atoms with E-state index in [1.807, 2.05) is 20.8 Å². The highest BCUT2D eigenvalue weighted by Crippen LogP contribution is 2.29. The molecule has 0 spiro atoms. The van der Waals surface area contributed by atoms with Gasteiger partial charge in [-0.3, -0.25) is 14.9 Å². The maximum Gasteiger partial charge on any atom is 0.232 e. The lowest BCUT2D eigenvalue weighted by Gasteiger charge is -2.24. The predicted octanol–water partition coefficient (Wildman–Crippen LogP) is 5.68. The number of carbonyl (C=O) groups is 2. The highest BCUT2D eigenvalue weighted by atomic mass is 35.5. The molecule has 0 unspecified atom stereocenters. The molecule has 1 aromatic heterocycles. The molecule has 1 heterocycles. The van der Waals surface area contributed by atoms with E-state index in [1.165, 1.54) is 0 Å². The molecule has 0 fully saturated rings. The summed E-state index contributed by atoms with van der Waals surface area (Å²) in [6.45, 7) is 10.9. The standard InChI is InChI=1S/C24H29Cl2N5O3/c1-23(2,3)20(32)28-19-17-12-15(31-34-16-10-13(25)9-14(26)11-16)7-8-18(17)27-22(29-19)30-21(33)24(4,5)6/h9-11H,7-8,12H2,1-6H3,(H2,27,28,29,30,32,33). The van der Waals surface area contributed by atoms with Crippen molar-refractivity contribution >= 4 is 52.5 Å². The Morgan fingerprint density at radius 2 is 1.50 bits per heavy atom. The van der Waals surface area contributed by atoms with Crippen LogP contribution in [0.2, 0.25) is 10.0 Å². The maximum absolute atomic E-state index is 12.7. The number of amides is 2. The summed E-state index contributed by atoms with van der Waals surface area (Å²) in [6, 6.07) is 4.85. The number of aryl methyl sites for hydroxylation is 1. The molecule has 0 bridgehead atoms. The summed E-state index contributed by atoms with van der Waals surface area (Å²) in [7, 11) is 0. The third kappa shape index (κ3) is 6.67. The van der Waals surface area contributed by atoms with Crippen LogP contribution in [0.3, 0.4) is 0 Å². The van der Waals surface area contributed by atoms with Crippen molar-refractivity contribution in [1.29, 1.82) is 0 Å². The number of aromatic nitrogens is 2. The first-order valence-corrected chi connectivity index (χ1v) is 11.7. The van der Waals surface area contributed by atoms with Crippen LogP contribution in [-0.2, 0) is 22.4 Å². The van der Waals surface area contributed by atoms with Crippen molar-refractivity contribution in [3.63, 3.8) is 0 Å². The van der Waals surface area contributed by atoms with E-state index in [4.69, 9.17) is 28.0 Å². The zero-order valence-corrected chi connectivity index (χ0v) is 21.7. The van der Waals surface area contributed by atoms with Crippen molar-refractivity contribution in [3.8, 4) is 5.75 Å². The van der Waals surface area contributed by atoms with Gasteiger partial charge in [0, 0.05) is 45.0 Å². The summed E-state index contributed by atoms with van der Waals surface area (Å²) in [5.74, 6) is 0.525. The number of oxime groups is 1. The number of hydrogen-bond donors (Lipinski definition) is 2. The molecule has 10 heteroatoms. The summed E-state index contributed by atoms with van der Waals surface area (Å²) < 4.78 is 0. The average molecular weight is 506 g/mol. The van der Waals surface area contributed by atoms with Crippen molar-refractivity contribution in [2.75, 3.05) is 10.6 Å². The first kappa shape index (κ1) is 25.9. The van der Waals surface area contributed by atoms with Crippen LogP contribution >= 0.6 is 23.2 Å². The van der Waals surface area contributed by atoms with E-state index in [1.54, 1.807) is 39.0 Å². The van der Waals surface area contributed by atoms with E-state index in [0.717, 1.165) is 17.0 Å². The molecule has 8 nitrogen and oxygen atoms in total. The van der Waals surface area contributed by atoms with Crippen LogP contribution in [0.1, 0.15) is 59.2 Å². The van der Waals surface area contributed by atoms with E-state index in [0.29, 0.717) is 40.9 Å². The Bertz CT molecular complexity index is 1130. The van der Waals surface area contributed by atoms with Crippen LogP contribution in [0.15, 0.2) is 23.4 Å². The van der Waals surface area contributed by atoms with Gasteiger partial charge in [-0.15, -0.1) is 0 Å². The monoisotopic (exact) mass is 505 g/mol. The highest BCUT2D eigenvalue weighted by molar-refractivity contribution is 6.34. The molecule has 34 heavy (non-hydrogen) atoms. The fourth-order valence-electron chi connectivity index (χ4n) is 3.00. The van der Waals surface area contributed by atoms with Gasteiger partial charge in [0.15, 0.2) is 5.75 Å². The molecule has 2 amide bonds. The normalized spacial score (nSPS) is 15.0. The van der Waals surface area contributed by atoms with E-state index >= 15 is 0 Å². The minimum atomic E-state index is -0.632. The van der Waals surface area contributed by atoms with Gasteiger partial charge >= 0.3 is 0 Å². The summed E-state index contributed by atoms with van der Waals surface area (Å²) >= 11 is 12.0. The largest absolute Gasteiger partial charge is 0.357 e. The van der Waals surface area contributed by atoms with E-state index in [2.05, 4.69) is 25.8 Å². The quantitative estimate of drug-likeness (QED) is 0.520. The SMILES string of the molecule is CC(C)(C)C(=O)Nc1nc2c(c(NC(=O)C(C)(C)C)n1)CC(=NOc1cc(Cl)cc(Cl)c1)CC2. The fraction of sp³-hybridized carbons (Fsp3) is 0.458. The van der Waals surface area contributed by atoms with Crippen LogP contribution in [0.5, 0.6) is 5.75 Å². The molecule has 0 radical (unpaired) electrons. The van der Waals surface area contributed by atoms with Crippen LogP contribution in [-0.4, -0.2) is 27.5 Å². The number of halogens is 2. The third-order valence-electron chi connectivity index (χ3n) is 5.06. The number of hydrogen-bond acceptors (Lipinski definition) is 6. The number of rotatable bonds is 4. The number of benzene rings is 1. The number of anilines is 2. The van der Waals surface area contributed by atoms with E-state index in [-0.39, 0.29) is 17.8 Å². The minimum absolute atomic E-state index is 0.160. The Morgan fingerprint density at radius 3 is 2.09 bits per heavy atom. The lowest BCUT2D eigenvalue weighted by atomic mass is 9.93. The molecule has 0 atom stereocenters. The molecule has 1 aromatic carbocycles. The van der Waals surface area contributed by atoms with Crippen molar-refractivity contribution < 1.29 is 14.4 Å². The molecule has 0 saturated heterocycles. The molecular weight excluding hydrogens is 477 g/mol. The first-order valence-electron chi connectivity index (χ1n) is 10.9. The molecule has 2 N–H and O–H groups in total. The van der Waals surface area contributed by atoms with Gasteiger partial charge in [-0.2, -0.15) is 4.98 Å². The Kier molecular flexibility index (Phi) is 7.53. The van der Waals surface area contributed by atoms with Crippen molar-refractivity contribution in [3.05, 3.63) is 39.5 Å². The van der Waals surface area contributed by atoms with Crippen LogP contribution in [0, 0.1) is 10.8 Å². The Morgan fingerprint density at radius 1 is 0.912 bits per heavy atom. The third-order valence-corrected chi connectivity index (χ3v) is 5.50. The van der Waals surface area contributed by atoms with Gasteiger partial charge in [0.1, 0.15) is 5.82 Å². The van der Waals surface area contributed by atoms with Crippen molar-refractivity contribution in [2.24, 2.45) is 16.0 Å². The second-order valence-electron chi connectivity index (χ2n) is 10.3. The van der Waals surface area contributed by atoms with Crippen LogP contribution < -0.4 is 15.5 Å². The molecular formula is C24H29Cl2N5O3. The Hall–Kier alpha value is -2.71. The van der Waals surface area contributed by atoms with Gasteiger partial charge in [-0.25, -0.2) is 4.98 Å². The second kappa shape index (κ2) is 9.88. The van der Waals surface area contributed by atoms with Crippen molar-refractivity contribution in [1.82, 2.24) is 9.97 Å². The van der Waals surface area contributed by atoms with Gasteiger partial charge in [-0.05, 0) is 18.9 Å². The molecule has 1 aliphatic carbocycles. The summed E-state index contributed by atoms with van der Waals surface area (Å²) in [5, 5.41) is 10.8. The van der Waals surface area contributed by atoms with Crippen LogP contribution in [0.25, 0.3) is 0 Å². The van der Waals surface area contributed by atoms with Gasteiger partial charge in [-0.1, -0.05) is 69.9 Å². The topological polar surface area (TPSA) is 106 Å². The lowest BCUT2D eigenvalue weighted by molar-refractivity contribution is -0.123. The smallest absolute Gasteiger partial charge is 0.232 e. The molecule has 182 valence electrons. The van der Waals surface area contributed by atoms with Gasteiger partial charge in [0.2, 0.25) is 17.8 Å². The molecule has 0 saturated carbocycles. The second-order valence-corrected chi connectivity index (χ2v) is 11.1. The molecule has 2 aromatic rings.